The Hall–Kier alpha value is -7.70. The van der Waals surface area contributed by atoms with Crippen LogP contribution < -0.4 is 0 Å². The molecule has 0 aliphatic carbocycles. The second-order valence-electron chi connectivity index (χ2n) is 24.8. The highest BCUT2D eigenvalue weighted by atomic mass is 15.0. The zero-order valence-electron chi connectivity index (χ0n) is 45.7. The first-order valence-electron chi connectivity index (χ1n) is 26.2. The van der Waals surface area contributed by atoms with Crippen LogP contribution in [-0.4, -0.2) is 29.1 Å². The van der Waals surface area contributed by atoms with E-state index in [-0.39, 0.29) is 21.7 Å². The number of benzene rings is 7. The lowest BCUT2D eigenvalue weighted by Gasteiger charge is -2.26. The van der Waals surface area contributed by atoms with Crippen molar-refractivity contribution in [1.82, 2.24) is 29.1 Å². The maximum Gasteiger partial charge on any atom is 0.164 e. The molecular formula is C68H68N6. The fraction of sp³-hybridized carbons (Fsp3) is 0.265. The van der Waals surface area contributed by atoms with Gasteiger partial charge in [-0.3, -0.25) is 4.98 Å². The molecule has 0 amide bonds. The molecule has 6 heteroatoms. The third-order valence-corrected chi connectivity index (χ3v) is 15.0. The number of pyridine rings is 1. The second-order valence-corrected chi connectivity index (χ2v) is 24.8. The largest absolute Gasteiger partial charge is 0.309 e. The zero-order valence-corrected chi connectivity index (χ0v) is 45.7. The summed E-state index contributed by atoms with van der Waals surface area (Å²) < 4.78 is 4.84. The lowest BCUT2D eigenvalue weighted by atomic mass is 9.79. The molecule has 0 aliphatic heterocycles. The SMILES string of the molecule is Cc1ccc2c(c1)c1ccccc1n2-c1ccncc1-c1cc(-c2nc(-c3cc(C(C)(C)C)cc(C(C)(C)C)c3)nc(-c3cc(C(C)(C)C)cc(C(C)(C)C)c3)n2)ccc1-n1c2ccccc2c2cc(C)ccc21. The molecule has 7 aromatic carbocycles. The molecule has 0 saturated heterocycles. The summed E-state index contributed by atoms with van der Waals surface area (Å²) in [5.41, 5.74) is 18.4. The average Bonchev–Trinajstić information content (AvgIpc) is 3.87. The fourth-order valence-electron chi connectivity index (χ4n) is 10.6. The first kappa shape index (κ1) is 48.6. The van der Waals surface area contributed by atoms with Crippen LogP contribution in [-0.2, 0) is 21.7 Å². The van der Waals surface area contributed by atoms with E-state index in [0.29, 0.717) is 17.5 Å². The standard InChI is InChI=1S/C68H68N6/c1-41-23-26-58-52(31-41)50-19-15-17-21-56(50)73(58)60-28-25-43(37-54(60)55-40-69-30-29-61(55)74-57-22-18-16-20-51(57)53-32-42(2)24-27-59(53)74)62-70-63(44-33-46(65(3,4)5)38-47(34-44)66(6,7)8)72-64(71-62)45-35-48(67(9,10)11)39-49(36-45)68(12,13)14/h15-40H,1-14H3. The van der Waals surface area contributed by atoms with Gasteiger partial charge in [-0.2, -0.15) is 0 Å². The summed E-state index contributed by atoms with van der Waals surface area (Å²) in [5, 5.41) is 4.85. The summed E-state index contributed by atoms with van der Waals surface area (Å²) in [4.78, 5) is 21.5. The minimum atomic E-state index is -0.107. The van der Waals surface area contributed by atoms with Crippen LogP contribution in [0.25, 0.3) is 100 Å². The van der Waals surface area contributed by atoms with Gasteiger partial charge in [0.1, 0.15) is 0 Å². The van der Waals surface area contributed by atoms with Crippen LogP contribution in [0.5, 0.6) is 0 Å². The molecule has 6 nitrogen and oxygen atoms in total. The Morgan fingerprint density at radius 2 is 0.730 bits per heavy atom. The van der Waals surface area contributed by atoms with E-state index in [9.17, 15) is 0 Å². The molecule has 0 bridgehead atoms. The molecule has 0 saturated carbocycles. The highest BCUT2D eigenvalue weighted by Gasteiger charge is 2.27. The van der Waals surface area contributed by atoms with Gasteiger partial charge in [-0.05, 0) is 143 Å². The van der Waals surface area contributed by atoms with Crippen molar-refractivity contribution in [1.29, 1.82) is 0 Å². The van der Waals surface area contributed by atoms with Crippen molar-refractivity contribution >= 4 is 43.6 Å². The normalized spacial score (nSPS) is 12.7. The Bertz CT molecular complexity index is 3860. The molecule has 74 heavy (non-hydrogen) atoms. The summed E-state index contributed by atoms with van der Waals surface area (Å²) in [7, 11) is 0. The van der Waals surface area contributed by atoms with Crippen LogP contribution in [0.1, 0.15) is 116 Å². The minimum Gasteiger partial charge on any atom is -0.309 e. The number of nitrogens with zero attached hydrogens (tertiary/aromatic N) is 6. The van der Waals surface area contributed by atoms with E-state index in [1.54, 1.807) is 0 Å². The van der Waals surface area contributed by atoms with Crippen LogP contribution >= 0.6 is 0 Å². The lowest BCUT2D eigenvalue weighted by Crippen LogP contribution is -2.17. The van der Waals surface area contributed by atoms with Crippen molar-refractivity contribution in [2.45, 2.75) is 119 Å². The topological polar surface area (TPSA) is 61.4 Å². The maximum absolute atomic E-state index is 5.54. The summed E-state index contributed by atoms with van der Waals surface area (Å²) in [6, 6.07) is 53.9. The number of rotatable bonds is 6. The van der Waals surface area contributed by atoms with Gasteiger partial charge in [0, 0.05) is 61.8 Å². The summed E-state index contributed by atoms with van der Waals surface area (Å²) in [5.74, 6) is 1.89. The number of aryl methyl sites for hydroxylation is 2. The Kier molecular flexibility index (Phi) is 11.5. The Morgan fingerprint density at radius 3 is 1.16 bits per heavy atom. The van der Waals surface area contributed by atoms with Crippen molar-refractivity contribution in [3.63, 3.8) is 0 Å². The maximum atomic E-state index is 5.54. The molecule has 4 aromatic heterocycles. The zero-order chi connectivity index (χ0) is 52.2. The van der Waals surface area contributed by atoms with Crippen molar-refractivity contribution < 1.29 is 0 Å². The number of aromatic nitrogens is 6. The average molecular weight is 969 g/mol. The van der Waals surface area contributed by atoms with Gasteiger partial charge >= 0.3 is 0 Å². The Morgan fingerprint density at radius 1 is 0.338 bits per heavy atom. The van der Waals surface area contributed by atoms with E-state index in [1.165, 1.54) is 54.9 Å². The smallest absolute Gasteiger partial charge is 0.164 e. The molecule has 0 atom stereocenters. The molecule has 11 rings (SSSR count). The van der Waals surface area contributed by atoms with E-state index >= 15 is 0 Å². The van der Waals surface area contributed by atoms with Crippen LogP contribution in [0.2, 0.25) is 0 Å². The quantitative estimate of drug-likeness (QED) is 0.167. The van der Waals surface area contributed by atoms with Gasteiger partial charge in [-0.25, -0.2) is 15.0 Å². The number of fused-ring (bicyclic) bond motifs is 6. The molecule has 0 radical (unpaired) electrons. The van der Waals surface area contributed by atoms with Crippen molar-refractivity contribution in [3.8, 4) is 56.7 Å². The first-order chi connectivity index (χ1) is 35.0. The molecule has 0 spiro atoms. The van der Waals surface area contributed by atoms with Crippen molar-refractivity contribution in [2.75, 3.05) is 0 Å². The van der Waals surface area contributed by atoms with E-state index in [1.807, 2.05) is 12.4 Å². The highest BCUT2D eigenvalue weighted by molar-refractivity contribution is 6.11. The summed E-state index contributed by atoms with van der Waals surface area (Å²) >= 11 is 0. The van der Waals surface area contributed by atoms with Crippen molar-refractivity contribution in [2.24, 2.45) is 0 Å². The summed E-state index contributed by atoms with van der Waals surface area (Å²) in [6.45, 7) is 31.7. The summed E-state index contributed by atoms with van der Waals surface area (Å²) in [6.07, 6.45) is 3.95. The van der Waals surface area contributed by atoms with Crippen molar-refractivity contribution in [3.05, 3.63) is 191 Å². The van der Waals surface area contributed by atoms with Crippen LogP contribution in [0.3, 0.4) is 0 Å². The van der Waals surface area contributed by atoms with E-state index in [0.717, 1.165) is 61.3 Å². The van der Waals surface area contributed by atoms with Gasteiger partial charge in [-0.1, -0.05) is 155 Å². The first-order valence-corrected chi connectivity index (χ1v) is 26.2. The van der Waals surface area contributed by atoms with Gasteiger partial charge in [0.05, 0.1) is 33.4 Å². The van der Waals surface area contributed by atoms with Crippen LogP contribution in [0, 0.1) is 13.8 Å². The molecule has 4 heterocycles. The molecule has 370 valence electrons. The third kappa shape index (κ3) is 8.68. The molecule has 0 fully saturated rings. The van der Waals surface area contributed by atoms with E-state index in [4.69, 9.17) is 19.9 Å². The van der Waals surface area contributed by atoms with Gasteiger partial charge in [-0.15, -0.1) is 0 Å². The Labute approximate surface area is 437 Å². The highest BCUT2D eigenvalue weighted by Crippen LogP contribution is 2.43. The van der Waals surface area contributed by atoms with Crippen LogP contribution in [0.15, 0.2) is 158 Å². The number of hydrogen-bond acceptors (Lipinski definition) is 4. The molecule has 11 aromatic rings. The van der Waals surface area contributed by atoms with Crippen LogP contribution in [0.4, 0.5) is 0 Å². The van der Waals surface area contributed by atoms with E-state index < -0.39 is 0 Å². The van der Waals surface area contributed by atoms with Gasteiger partial charge in [0.25, 0.3) is 0 Å². The third-order valence-electron chi connectivity index (χ3n) is 15.0. The lowest BCUT2D eigenvalue weighted by molar-refractivity contribution is 0.568. The predicted molar refractivity (Wildman–Crippen MR) is 312 cm³/mol. The van der Waals surface area contributed by atoms with Gasteiger partial charge < -0.3 is 9.13 Å². The molecule has 0 unspecified atom stereocenters. The second kappa shape index (κ2) is 17.5. The Balaban J connectivity index is 1.24. The molecule has 0 N–H and O–H groups in total. The monoisotopic (exact) mass is 969 g/mol. The molecule has 0 aliphatic rings. The molecular weight excluding hydrogens is 901 g/mol. The van der Waals surface area contributed by atoms with Gasteiger partial charge in [0.2, 0.25) is 0 Å². The van der Waals surface area contributed by atoms with Gasteiger partial charge in [0.15, 0.2) is 17.5 Å². The number of hydrogen-bond donors (Lipinski definition) is 0. The predicted octanol–water partition coefficient (Wildman–Crippen LogP) is 17.9. The minimum absolute atomic E-state index is 0.107. The number of para-hydroxylation sites is 2. The fourth-order valence-corrected chi connectivity index (χ4v) is 10.6. The van der Waals surface area contributed by atoms with E-state index in [2.05, 4.69) is 252 Å².